The summed E-state index contributed by atoms with van der Waals surface area (Å²) in [6.07, 6.45) is 7.69. The number of hydrogen-bond acceptors (Lipinski definition) is 3. The molecule has 0 aromatic heterocycles. The molecule has 2 aliphatic rings. The van der Waals surface area contributed by atoms with Crippen LogP contribution in [0, 0.1) is 0 Å². The molecule has 1 aliphatic heterocycles. The van der Waals surface area contributed by atoms with Crippen molar-refractivity contribution < 1.29 is 4.74 Å². The Morgan fingerprint density at radius 3 is 2.90 bits per heavy atom. The lowest BCUT2D eigenvalue weighted by Gasteiger charge is -2.38. The van der Waals surface area contributed by atoms with Crippen LogP contribution in [-0.2, 0) is 6.42 Å². The predicted molar refractivity (Wildman–Crippen MR) is 86.9 cm³/mol. The maximum Gasteiger partial charge on any atom is 0.119 e. The van der Waals surface area contributed by atoms with Crippen molar-refractivity contribution in [2.75, 3.05) is 27.2 Å². The van der Waals surface area contributed by atoms with Crippen LogP contribution < -0.4 is 10.1 Å². The van der Waals surface area contributed by atoms with Gasteiger partial charge in [-0.15, -0.1) is 0 Å². The Balaban J connectivity index is 1.82. The SMILES string of the molecule is COc1ccc2c(c1)C(N(C)C1CCCNCC1)CCC2. The van der Waals surface area contributed by atoms with E-state index in [0.717, 1.165) is 12.3 Å². The molecule has 1 aliphatic carbocycles. The summed E-state index contributed by atoms with van der Waals surface area (Å²) in [5.74, 6) is 0.997. The van der Waals surface area contributed by atoms with E-state index in [0.29, 0.717) is 12.1 Å². The molecule has 0 radical (unpaired) electrons. The molecule has 3 nitrogen and oxygen atoms in total. The maximum atomic E-state index is 5.45. The van der Waals surface area contributed by atoms with E-state index >= 15 is 0 Å². The normalized spacial score (nSPS) is 26.2. The predicted octanol–water partition coefficient (Wildman–Crippen LogP) is 3.15. The van der Waals surface area contributed by atoms with E-state index in [-0.39, 0.29) is 0 Å². The molecule has 0 bridgehead atoms. The van der Waals surface area contributed by atoms with Crippen LogP contribution in [0.25, 0.3) is 0 Å². The van der Waals surface area contributed by atoms with Crippen LogP contribution in [0.4, 0.5) is 0 Å². The van der Waals surface area contributed by atoms with Crippen LogP contribution in [-0.4, -0.2) is 38.2 Å². The van der Waals surface area contributed by atoms with E-state index in [1.807, 2.05) is 0 Å². The molecule has 2 atom stereocenters. The number of benzene rings is 1. The number of hydrogen-bond donors (Lipinski definition) is 1. The van der Waals surface area contributed by atoms with E-state index in [1.165, 1.54) is 56.2 Å². The molecule has 1 N–H and O–H groups in total. The average Bonchev–Trinajstić information content (AvgIpc) is 2.82. The molecule has 0 spiro atoms. The molecule has 0 amide bonds. The fourth-order valence-electron chi connectivity index (χ4n) is 3.96. The lowest BCUT2D eigenvalue weighted by atomic mass is 9.85. The van der Waals surface area contributed by atoms with Gasteiger partial charge in [0.2, 0.25) is 0 Å². The number of aryl methyl sites for hydroxylation is 1. The van der Waals surface area contributed by atoms with E-state index in [9.17, 15) is 0 Å². The smallest absolute Gasteiger partial charge is 0.119 e. The fraction of sp³-hybridized carbons (Fsp3) is 0.667. The Bertz CT molecular complexity index is 466. The van der Waals surface area contributed by atoms with Gasteiger partial charge in [0.05, 0.1) is 7.11 Å². The van der Waals surface area contributed by atoms with Crippen molar-refractivity contribution in [3.05, 3.63) is 29.3 Å². The number of nitrogens with zero attached hydrogens (tertiary/aromatic N) is 1. The summed E-state index contributed by atoms with van der Waals surface area (Å²) in [6, 6.07) is 7.92. The highest BCUT2D eigenvalue weighted by Crippen LogP contribution is 2.37. The average molecular weight is 288 g/mol. The highest BCUT2D eigenvalue weighted by Gasteiger charge is 2.28. The lowest BCUT2D eigenvalue weighted by Crippen LogP contribution is -2.37. The topological polar surface area (TPSA) is 24.5 Å². The maximum absolute atomic E-state index is 5.45. The molecule has 1 heterocycles. The van der Waals surface area contributed by atoms with E-state index < -0.39 is 0 Å². The summed E-state index contributed by atoms with van der Waals surface area (Å²) in [5.41, 5.74) is 3.02. The van der Waals surface area contributed by atoms with Crippen molar-refractivity contribution in [1.82, 2.24) is 10.2 Å². The zero-order chi connectivity index (χ0) is 14.7. The summed E-state index contributed by atoms with van der Waals surface area (Å²) in [6.45, 7) is 2.34. The van der Waals surface area contributed by atoms with Crippen molar-refractivity contribution in [2.45, 2.75) is 50.6 Å². The number of methoxy groups -OCH3 is 1. The van der Waals surface area contributed by atoms with Gasteiger partial charge in [-0.25, -0.2) is 0 Å². The van der Waals surface area contributed by atoms with Gasteiger partial charge in [-0.1, -0.05) is 6.07 Å². The number of rotatable bonds is 3. The zero-order valence-electron chi connectivity index (χ0n) is 13.4. The molecule has 1 aromatic carbocycles. The number of nitrogens with one attached hydrogen (secondary N) is 1. The van der Waals surface area contributed by atoms with E-state index in [1.54, 1.807) is 7.11 Å². The molecule has 21 heavy (non-hydrogen) atoms. The van der Waals surface area contributed by atoms with Crippen LogP contribution in [0.5, 0.6) is 5.75 Å². The summed E-state index contributed by atoms with van der Waals surface area (Å²) in [7, 11) is 4.09. The monoisotopic (exact) mass is 288 g/mol. The van der Waals surface area contributed by atoms with Crippen molar-refractivity contribution in [3.63, 3.8) is 0 Å². The Morgan fingerprint density at radius 1 is 1.14 bits per heavy atom. The molecule has 0 saturated carbocycles. The summed E-state index contributed by atoms with van der Waals surface area (Å²) in [5, 5.41) is 3.53. The van der Waals surface area contributed by atoms with Gasteiger partial charge in [-0.3, -0.25) is 4.90 Å². The quantitative estimate of drug-likeness (QED) is 0.924. The molecule has 2 unspecified atom stereocenters. The fourth-order valence-corrected chi connectivity index (χ4v) is 3.96. The van der Waals surface area contributed by atoms with Gasteiger partial charge in [-0.05, 0) is 81.9 Å². The molecule has 1 fully saturated rings. The highest BCUT2D eigenvalue weighted by atomic mass is 16.5. The van der Waals surface area contributed by atoms with Gasteiger partial charge >= 0.3 is 0 Å². The molecule has 1 saturated heterocycles. The molecule has 116 valence electrons. The summed E-state index contributed by atoms with van der Waals surface area (Å²) < 4.78 is 5.45. The molecular weight excluding hydrogens is 260 g/mol. The highest BCUT2D eigenvalue weighted by molar-refractivity contribution is 5.39. The van der Waals surface area contributed by atoms with Crippen molar-refractivity contribution in [3.8, 4) is 5.75 Å². The van der Waals surface area contributed by atoms with E-state index in [2.05, 4.69) is 35.5 Å². The second-order valence-electron chi connectivity index (χ2n) is 6.47. The minimum absolute atomic E-state index is 0.562. The molecular formula is C18H28N2O. The number of fused-ring (bicyclic) bond motifs is 1. The molecule has 1 aromatic rings. The third-order valence-corrected chi connectivity index (χ3v) is 5.25. The van der Waals surface area contributed by atoms with Crippen molar-refractivity contribution >= 4 is 0 Å². The Labute approximate surface area is 128 Å². The van der Waals surface area contributed by atoms with Gasteiger partial charge in [0.15, 0.2) is 0 Å². The Morgan fingerprint density at radius 2 is 2.05 bits per heavy atom. The zero-order valence-corrected chi connectivity index (χ0v) is 13.4. The lowest BCUT2D eigenvalue weighted by molar-refractivity contribution is 0.145. The number of ether oxygens (including phenoxy) is 1. The van der Waals surface area contributed by atoms with Crippen LogP contribution in [0.3, 0.4) is 0 Å². The Hall–Kier alpha value is -1.06. The van der Waals surface area contributed by atoms with E-state index in [4.69, 9.17) is 4.74 Å². The van der Waals surface area contributed by atoms with Crippen LogP contribution >= 0.6 is 0 Å². The standard InChI is InChI=1S/C18H28N2O/c1-20(15-6-4-11-19-12-10-15)18-7-3-5-14-8-9-16(21-2)13-17(14)18/h8-9,13,15,18-19H,3-7,10-12H2,1-2H3. The first-order chi connectivity index (χ1) is 10.3. The van der Waals surface area contributed by atoms with Gasteiger partial charge < -0.3 is 10.1 Å². The first-order valence-electron chi connectivity index (χ1n) is 8.39. The minimum atomic E-state index is 0.562. The largest absolute Gasteiger partial charge is 0.497 e. The van der Waals surface area contributed by atoms with Gasteiger partial charge in [-0.2, -0.15) is 0 Å². The molecule has 3 rings (SSSR count). The Kier molecular flexibility index (Phi) is 4.81. The molecule has 3 heteroatoms. The van der Waals surface area contributed by atoms with Gasteiger partial charge in [0.1, 0.15) is 5.75 Å². The summed E-state index contributed by atoms with van der Waals surface area (Å²) in [4.78, 5) is 2.64. The first-order valence-corrected chi connectivity index (χ1v) is 8.39. The first kappa shape index (κ1) is 14.9. The second kappa shape index (κ2) is 6.80. The third kappa shape index (κ3) is 3.24. The van der Waals surface area contributed by atoms with Crippen molar-refractivity contribution in [1.29, 1.82) is 0 Å². The minimum Gasteiger partial charge on any atom is -0.497 e. The van der Waals surface area contributed by atoms with Gasteiger partial charge in [0, 0.05) is 12.1 Å². The second-order valence-corrected chi connectivity index (χ2v) is 6.47. The third-order valence-electron chi connectivity index (χ3n) is 5.25. The van der Waals surface area contributed by atoms with Crippen molar-refractivity contribution in [2.24, 2.45) is 0 Å². The van der Waals surface area contributed by atoms with Crippen LogP contribution in [0.2, 0.25) is 0 Å². The summed E-state index contributed by atoms with van der Waals surface area (Å²) >= 11 is 0. The van der Waals surface area contributed by atoms with Gasteiger partial charge in [0.25, 0.3) is 0 Å². The van der Waals surface area contributed by atoms with Crippen LogP contribution in [0.15, 0.2) is 18.2 Å². The van der Waals surface area contributed by atoms with Crippen LogP contribution in [0.1, 0.15) is 49.3 Å².